The van der Waals surface area contributed by atoms with Crippen molar-refractivity contribution in [3.8, 4) is 0 Å². The summed E-state index contributed by atoms with van der Waals surface area (Å²) in [7, 11) is 1.41. The molecule has 0 saturated carbocycles. The number of methoxy groups -OCH3 is 1. The molecule has 0 rings (SSSR count). The Kier molecular flexibility index (Phi) is 2.22. The van der Waals surface area contributed by atoms with Crippen LogP contribution in [-0.2, 0) is 9.62 Å². The summed E-state index contributed by atoms with van der Waals surface area (Å²) < 4.78 is 4.55. The maximum Gasteiger partial charge on any atom is 0.153 e. The third-order valence-electron chi connectivity index (χ3n) is 0.692. The van der Waals surface area contributed by atoms with Gasteiger partial charge in [0.2, 0.25) is 0 Å². The van der Waals surface area contributed by atoms with Crippen molar-refractivity contribution in [1.82, 2.24) is 0 Å². The molecule has 0 saturated heterocycles. The second-order valence-corrected chi connectivity index (χ2v) is 1.69. The summed E-state index contributed by atoms with van der Waals surface area (Å²) in [6, 6.07) is 0. The van der Waals surface area contributed by atoms with Gasteiger partial charge in [-0.1, -0.05) is 0 Å². The molecule has 0 aliphatic rings. The summed E-state index contributed by atoms with van der Waals surface area (Å²) in [5.41, 5.74) is 0. The monoisotopic (exact) mass is 105 g/mol. The summed E-state index contributed by atoms with van der Waals surface area (Å²) in [6.45, 7) is 3.08. The molecular weight excluding hydrogens is 96.0 g/mol. The van der Waals surface area contributed by atoms with E-state index in [1.54, 1.807) is 13.8 Å². The largest absolute Gasteiger partial charge is 0.721 e. The van der Waals surface area contributed by atoms with Crippen LogP contribution in [0.4, 0.5) is 0 Å². The van der Waals surface area contributed by atoms with Gasteiger partial charge in [-0.2, -0.15) is 0 Å². The topological polar surface area (TPSA) is 41.5 Å². The zero-order valence-corrected chi connectivity index (χ0v) is 4.72. The van der Waals surface area contributed by atoms with Crippen LogP contribution in [0.15, 0.2) is 0 Å². The molecule has 3 heteroatoms. The molecule has 0 fully saturated rings. The van der Waals surface area contributed by atoms with E-state index in [0.29, 0.717) is 0 Å². The van der Waals surface area contributed by atoms with Crippen molar-refractivity contribution in [2.75, 3.05) is 7.11 Å². The van der Waals surface area contributed by atoms with Gasteiger partial charge in [-0.3, -0.25) is 0 Å². The summed E-state index contributed by atoms with van der Waals surface area (Å²) in [5, 5.41) is 9.56. The molecule has 0 aliphatic heterocycles. The van der Waals surface area contributed by atoms with Gasteiger partial charge in [0.25, 0.3) is 0 Å². The van der Waals surface area contributed by atoms with E-state index in [4.69, 9.17) is 0 Å². The molecule has 0 spiro atoms. The minimum absolute atomic E-state index is 0.972. The standard InChI is InChI=1S/C4H10O3/c1-4(2,6-3)7-5/h5H,1-3H3/p-1. The highest BCUT2D eigenvalue weighted by atomic mass is 17.1. The average Bonchev–Trinajstić information content (AvgIpc) is 1.68. The molecule has 0 atom stereocenters. The van der Waals surface area contributed by atoms with E-state index < -0.39 is 5.79 Å². The van der Waals surface area contributed by atoms with Crippen LogP contribution < -0.4 is 5.26 Å². The molecule has 3 nitrogen and oxygen atoms in total. The van der Waals surface area contributed by atoms with Crippen molar-refractivity contribution in [1.29, 1.82) is 0 Å². The Morgan fingerprint density at radius 1 is 1.43 bits per heavy atom. The second-order valence-electron chi connectivity index (χ2n) is 1.69. The highest BCUT2D eigenvalue weighted by molar-refractivity contribution is 4.44. The Morgan fingerprint density at radius 2 is 1.86 bits per heavy atom. The molecule has 0 radical (unpaired) electrons. The molecule has 0 aromatic rings. The smallest absolute Gasteiger partial charge is 0.153 e. The molecule has 0 bridgehead atoms. The first-order valence-electron chi connectivity index (χ1n) is 1.98. The van der Waals surface area contributed by atoms with Crippen LogP contribution in [0.2, 0.25) is 0 Å². The number of hydrogen-bond acceptors (Lipinski definition) is 3. The summed E-state index contributed by atoms with van der Waals surface area (Å²) in [6.07, 6.45) is 0. The molecule has 0 aromatic heterocycles. The van der Waals surface area contributed by atoms with E-state index in [1.165, 1.54) is 7.11 Å². The van der Waals surface area contributed by atoms with Crippen LogP contribution in [0, 0.1) is 0 Å². The van der Waals surface area contributed by atoms with Crippen LogP contribution in [0.5, 0.6) is 0 Å². The summed E-state index contributed by atoms with van der Waals surface area (Å²) >= 11 is 0. The van der Waals surface area contributed by atoms with Crippen LogP contribution >= 0.6 is 0 Å². The summed E-state index contributed by atoms with van der Waals surface area (Å²) in [4.78, 5) is 3.61. The van der Waals surface area contributed by atoms with Crippen molar-refractivity contribution in [3.05, 3.63) is 0 Å². The maximum atomic E-state index is 9.56. The third kappa shape index (κ3) is 2.56. The number of ether oxygens (including phenoxy) is 1. The first-order valence-corrected chi connectivity index (χ1v) is 1.98. The van der Waals surface area contributed by atoms with Gasteiger partial charge in [-0.05, 0) is 13.8 Å². The van der Waals surface area contributed by atoms with Crippen molar-refractivity contribution in [2.45, 2.75) is 19.6 Å². The van der Waals surface area contributed by atoms with Crippen molar-refractivity contribution in [3.63, 3.8) is 0 Å². The summed E-state index contributed by atoms with van der Waals surface area (Å²) in [5.74, 6) is -0.972. The number of hydrogen-bond donors (Lipinski definition) is 0. The van der Waals surface area contributed by atoms with Crippen molar-refractivity contribution < 1.29 is 14.9 Å². The first-order chi connectivity index (χ1) is 3.12. The Labute approximate surface area is 42.8 Å². The van der Waals surface area contributed by atoms with Crippen LogP contribution in [0.25, 0.3) is 0 Å². The van der Waals surface area contributed by atoms with Gasteiger partial charge in [0.1, 0.15) is 0 Å². The van der Waals surface area contributed by atoms with Gasteiger partial charge in [0.15, 0.2) is 5.79 Å². The van der Waals surface area contributed by atoms with Gasteiger partial charge in [-0.25, -0.2) is 0 Å². The van der Waals surface area contributed by atoms with E-state index in [9.17, 15) is 5.26 Å². The Bertz CT molecular complexity index is 44.9. The molecule has 0 heterocycles. The first kappa shape index (κ1) is 6.88. The van der Waals surface area contributed by atoms with E-state index in [2.05, 4.69) is 9.62 Å². The van der Waals surface area contributed by atoms with E-state index in [0.717, 1.165) is 0 Å². The molecule has 0 amide bonds. The lowest BCUT2D eigenvalue weighted by molar-refractivity contribution is -0.733. The zero-order valence-electron chi connectivity index (χ0n) is 4.72. The molecule has 0 N–H and O–H groups in total. The molecule has 0 unspecified atom stereocenters. The van der Waals surface area contributed by atoms with Gasteiger partial charge >= 0.3 is 0 Å². The van der Waals surface area contributed by atoms with Crippen LogP contribution in [-0.4, -0.2) is 12.9 Å². The minimum Gasteiger partial charge on any atom is -0.721 e. The quantitative estimate of drug-likeness (QED) is 0.274. The van der Waals surface area contributed by atoms with E-state index in [-0.39, 0.29) is 0 Å². The average molecular weight is 105 g/mol. The predicted octanol–water partition coefficient (Wildman–Crippen LogP) is -0.339. The Morgan fingerprint density at radius 3 is 1.86 bits per heavy atom. The molecule has 0 aliphatic carbocycles. The fourth-order valence-corrected chi connectivity index (χ4v) is 0.0340. The van der Waals surface area contributed by atoms with Gasteiger partial charge in [0, 0.05) is 7.11 Å². The normalized spacial score (nSPS) is 12.0. The van der Waals surface area contributed by atoms with Crippen LogP contribution in [0.1, 0.15) is 13.8 Å². The lowest BCUT2D eigenvalue weighted by Crippen LogP contribution is -2.32. The molecular formula is C4H9O3-. The Hall–Kier alpha value is -0.120. The molecule has 0 aromatic carbocycles. The minimum atomic E-state index is -0.972. The molecule has 44 valence electrons. The Balaban J connectivity index is 3.36. The fraction of sp³-hybridized carbons (Fsp3) is 1.00. The zero-order chi connectivity index (χ0) is 5.91. The van der Waals surface area contributed by atoms with Gasteiger partial charge < -0.3 is 14.9 Å². The number of rotatable bonds is 2. The lowest BCUT2D eigenvalue weighted by Gasteiger charge is -2.26. The third-order valence-corrected chi connectivity index (χ3v) is 0.692. The van der Waals surface area contributed by atoms with E-state index >= 15 is 0 Å². The second kappa shape index (κ2) is 2.26. The fourth-order valence-electron chi connectivity index (χ4n) is 0.0340. The lowest BCUT2D eigenvalue weighted by atomic mass is 10.4. The highest BCUT2D eigenvalue weighted by Crippen LogP contribution is 2.03. The van der Waals surface area contributed by atoms with Crippen molar-refractivity contribution in [2.24, 2.45) is 0 Å². The van der Waals surface area contributed by atoms with Gasteiger partial charge in [-0.15, -0.1) is 0 Å². The maximum absolute atomic E-state index is 9.56. The highest BCUT2D eigenvalue weighted by Gasteiger charge is 2.09. The molecule has 7 heavy (non-hydrogen) atoms. The SMILES string of the molecule is COC(C)(C)O[O-]. The van der Waals surface area contributed by atoms with Crippen LogP contribution in [0.3, 0.4) is 0 Å². The predicted molar refractivity (Wildman–Crippen MR) is 22.2 cm³/mol. The van der Waals surface area contributed by atoms with E-state index in [1.807, 2.05) is 0 Å². The van der Waals surface area contributed by atoms with Gasteiger partial charge in [0.05, 0.1) is 0 Å². The van der Waals surface area contributed by atoms with Crippen molar-refractivity contribution >= 4 is 0 Å².